The summed E-state index contributed by atoms with van der Waals surface area (Å²) in [6.07, 6.45) is 3.60. The first-order chi connectivity index (χ1) is 10.5. The summed E-state index contributed by atoms with van der Waals surface area (Å²) in [5.41, 5.74) is -2.74. The van der Waals surface area contributed by atoms with E-state index in [-0.39, 0.29) is 33.0 Å². The molecule has 0 saturated carbocycles. The smallest absolute Gasteiger partial charge is 0.336 e. The van der Waals surface area contributed by atoms with Crippen molar-refractivity contribution in [3.05, 3.63) is 0 Å². The second kappa shape index (κ2) is 17.6. The standard InChI is InChI=1S/C8H16O2.C6H8O7.2Ni/c1-2-3-4-5-6-7-8(9)10;7-3(8)1-6(13,5(11)12)2-4(9)10;;/h2-7H2,1H3,(H,9,10);13H,1-2H2,(H,7,8)(H,9,10)(H,11,12);;. The van der Waals surface area contributed by atoms with Gasteiger partial charge in [0.2, 0.25) is 0 Å². The monoisotopic (exact) mass is 452 g/mol. The number of hydrogen-bond acceptors (Lipinski definition) is 5. The maximum Gasteiger partial charge on any atom is 0.336 e. The molecule has 0 aromatic rings. The molecule has 0 saturated heterocycles. The van der Waals surface area contributed by atoms with E-state index in [2.05, 4.69) is 6.92 Å². The second-order valence-electron chi connectivity index (χ2n) is 5.04. The van der Waals surface area contributed by atoms with Crippen LogP contribution < -0.4 is 0 Å². The van der Waals surface area contributed by atoms with E-state index in [1.54, 1.807) is 0 Å². The third-order valence-corrected chi connectivity index (χ3v) is 2.78. The van der Waals surface area contributed by atoms with Crippen LogP contribution >= 0.6 is 0 Å². The molecule has 0 aliphatic rings. The Morgan fingerprint density at radius 1 is 0.720 bits per heavy atom. The van der Waals surface area contributed by atoms with Crippen LogP contribution in [0.1, 0.15) is 58.3 Å². The Labute approximate surface area is 165 Å². The molecule has 0 rings (SSSR count). The number of carbonyl (C=O) groups is 4. The number of rotatable bonds is 11. The van der Waals surface area contributed by atoms with Crippen molar-refractivity contribution in [3.63, 3.8) is 0 Å². The molecule has 0 aromatic carbocycles. The van der Waals surface area contributed by atoms with Crippen LogP contribution in [0.4, 0.5) is 0 Å². The molecule has 0 heterocycles. The number of carboxylic acids is 4. The molecular weight excluding hydrogens is 430 g/mol. The van der Waals surface area contributed by atoms with E-state index in [1.807, 2.05) is 0 Å². The van der Waals surface area contributed by atoms with Crippen LogP contribution in [0, 0.1) is 0 Å². The van der Waals surface area contributed by atoms with Gasteiger partial charge in [-0.1, -0.05) is 32.6 Å². The van der Waals surface area contributed by atoms with Gasteiger partial charge in [0.25, 0.3) is 0 Å². The van der Waals surface area contributed by atoms with Crippen molar-refractivity contribution < 1.29 is 77.7 Å². The van der Waals surface area contributed by atoms with Crippen LogP contribution in [0.3, 0.4) is 0 Å². The van der Waals surface area contributed by atoms with Gasteiger partial charge in [-0.2, -0.15) is 0 Å². The van der Waals surface area contributed by atoms with Crippen LogP contribution in [0.5, 0.6) is 0 Å². The summed E-state index contributed by atoms with van der Waals surface area (Å²) in [5.74, 6) is -5.69. The maximum absolute atomic E-state index is 10.3. The van der Waals surface area contributed by atoms with Gasteiger partial charge in [-0.15, -0.1) is 0 Å². The predicted octanol–water partition coefficient (Wildman–Crippen LogP) is 1.18. The van der Waals surface area contributed by atoms with E-state index in [0.29, 0.717) is 6.42 Å². The fraction of sp³-hybridized carbons (Fsp3) is 0.714. The molecule has 0 bridgehead atoms. The average Bonchev–Trinajstić information content (AvgIpc) is 2.36. The zero-order valence-electron chi connectivity index (χ0n) is 13.7. The summed E-state index contributed by atoms with van der Waals surface area (Å²) >= 11 is 0. The van der Waals surface area contributed by atoms with E-state index < -0.39 is 42.3 Å². The predicted molar refractivity (Wildman–Crippen MR) is 78.1 cm³/mol. The maximum atomic E-state index is 10.3. The zero-order chi connectivity index (χ0) is 18.5. The van der Waals surface area contributed by atoms with Gasteiger partial charge < -0.3 is 25.5 Å². The molecule has 9 nitrogen and oxygen atoms in total. The van der Waals surface area contributed by atoms with E-state index in [9.17, 15) is 19.2 Å². The third kappa shape index (κ3) is 20.8. The van der Waals surface area contributed by atoms with Crippen molar-refractivity contribution in [2.24, 2.45) is 0 Å². The molecule has 0 fully saturated rings. The van der Waals surface area contributed by atoms with Crippen LogP contribution in [0.2, 0.25) is 0 Å². The normalized spacial score (nSPS) is 9.52. The molecular formula is C14H24Ni2O9. The fourth-order valence-electron chi connectivity index (χ4n) is 1.59. The quantitative estimate of drug-likeness (QED) is 0.227. The minimum absolute atomic E-state index is 0. The number of carboxylic acid groups (broad SMARTS) is 4. The molecule has 11 heteroatoms. The number of aliphatic hydroxyl groups is 1. The zero-order valence-corrected chi connectivity index (χ0v) is 15.6. The van der Waals surface area contributed by atoms with Gasteiger partial charge in [-0.3, -0.25) is 14.4 Å². The molecule has 154 valence electrons. The molecule has 0 amide bonds. The summed E-state index contributed by atoms with van der Waals surface area (Å²) in [6.45, 7) is 2.15. The Hall–Kier alpha value is -1.17. The van der Waals surface area contributed by atoms with Crippen molar-refractivity contribution in [2.75, 3.05) is 0 Å². The Morgan fingerprint density at radius 3 is 1.40 bits per heavy atom. The minimum atomic E-state index is -2.74. The number of hydrogen-bond donors (Lipinski definition) is 5. The van der Waals surface area contributed by atoms with Gasteiger partial charge in [0.1, 0.15) is 0 Å². The summed E-state index contributed by atoms with van der Waals surface area (Å²) in [5, 5.41) is 42.1. The van der Waals surface area contributed by atoms with Crippen molar-refractivity contribution in [1.82, 2.24) is 0 Å². The number of unbranched alkanes of at least 4 members (excludes halogenated alkanes) is 4. The van der Waals surface area contributed by atoms with Crippen molar-refractivity contribution in [1.29, 1.82) is 0 Å². The van der Waals surface area contributed by atoms with E-state index in [0.717, 1.165) is 12.8 Å². The van der Waals surface area contributed by atoms with Crippen molar-refractivity contribution >= 4 is 23.9 Å². The first kappa shape index (κ1) is 31.6. The Bertz CT molecular complexity index is 397. The van der Waals surface area contributed by atoms with E-state index in [4.69, 9.17) is 25.5 Å². The fourth-order valence-corrected chi connectivity index (χ4v) is 1.59. The van der Waals surface area contributed by atoms with Gasteiger partial charge in [-0.05, 0) is 6.42 Å². The summed E-state index contributed by atoms with van der Waals surface area (Å²) in [7, 11) is 0. The summed E-state index contributed by atoms with van der Waals surface area (Å²) in [6, 6.07) is 0. The Morgan fingerprint density at radius 2 is 1.12 bits per heavy atom. The largest absolute Gasteiger partial charge is 0.481 e. The molecule has 0 aromatic heterocycles. The molecule has 0 radical (unpaired) electrons. The van der Waals surface area contributed by atoms with Crippen LogP contribution in [-0.2, 0) is 52.2 Å². The van der Waals surface area contributed by atoms with Crippen LogP contribution in [0.15, 0.2) is 0 Å². The topological polar surface area (TPSA) is 169 Å². The molecule has 25 heavy (non-hydrogen) atoms. The molecule has 0 aliphatic carbocycles. The van der Waals surface area contributed by atoms with Gasteiger partial charge in [0.15, 0.2) is 5.60 Å². The summed E-state index contributed by atoms with van der Waals surface area (Å²) < 4.78 is 0. The Balaban J connectivity index is -0.000000168. The van der Waals surface area contributed by atoms with Crippen molar-refractivity contribution in [3.8, 4) is 0 Å². The van der Waals surface area contributed by atoms with Gasteiger partial charge >= 0.3 is 23.9 Å². The first-order valence-electron chi connectivity index (χ1n) is 7.16. The Kier molecular flexibility index (Phi) is 22.3. The second-order valence-corrected chi connectivity index (χ2v) is 5.04. The SMILES string of the molecule is CCCCCCCC(=O)O.O=C(O)CC(O)(CC(=O)O)C(=O)O.[Ni].[Ni]. The van der Waals surface area contributed by atoms with E-state index in [1.165, 1.54) is 19.3 Å². The van der Waals surface area contributed by atoms with Gasteiger partial charge in [-0.25, -0.2) is 4.79 Å². The molecule has 5 N–H and O–H groups in total. The number of aliphatic carboxylic acids is 4. The molecule has 0 aliphatic heterocycles. The molecule has 0 spiro atoms. The van der Waals surface area contributed by atoms with Crippen LogP contribution in [-0.4, -0.2) is 55.0 Å². The minimum Gasteiger partial charge on any atom is -0.481 e. The molecule has 0 atom stereocenters. The first-order valence-corrected chi connectivity index (χ1v) is 7.16. The van der Waals surface area contributed by atoms with Gasteiger partial charge in [0.05, 0.1) is 12.8 Å². The van der Waals surface area contributed by atoms with Gasteiger partial charge in [0, 0.05) is 39.4 Å². The average molecular weight is 454 g/mol. The van der Waals surface area contributed by atoms with Crippen molar-refractivity contribution in [2.45, 2.75) is 63.9 Å². The molecule has 0 unspecified atom stereocenters. The third-order valence-electron chi connectivity index (χ3n) is 2.78. The van der Waals surface area contributed by atoms with E-state index >= 15 is 0 Å². The summed E-state index contributed by atoms with van der Waals surface area (Å²) in [4.78, 5) is 40.5. The van der Waals surface area contributed by atoms with Crippen LogP contribution in [0.25, 0.3) is 0 Å².